The molecule has 0 amide bonds. The van der Waals surface area contributed by atoms with Crippen LogP contribution >= 0.6 is 27.3 Å². The molecule has 2 nitrogen and oxygen atoms in total. The molecule has 25 heavy (non-hydrogen) atoms. The Labute approximate surface area is 156 Å². The molecular formula is C19H13BrF2N2S. The Morgan fingerprint density at radius 3 is 2.56 bits per heavy atom. The summed E-state index contributed by atoms with van der Waals surface area (Å²) in [5.74, 6) is -1.20. The van der Waals surface area contributed by atoms with E-state index in [0.29, 0.717) is 6.42 Å². The molecule has 2 aromatic carbocycles. The van der Waals surface area contributed by atoms with Gasteiger partial charge in [-0.2, -0.15) is 5.10 Å². The first-order chi connectivity index (χ1) is 12.1. The zero-order valence-electron chi connectivity index (χ0n) is 13.0. The van der Waals surface area contributed by atoms with Crippen molar-refractivity contribution in [3.8, 4) is 0 Å². The first-order valence-corrected chi connectivity index (χ1v) is 9.40. The van der Waals surface area contributed by atoms with E-state index in [2.05, 4.69) is 21.0 Å². The zero-order chi connectivity index (χ0) is 17.4. The molecule has 3 aromatic rings. The van der Waals surface area contributed by atoms with Crippen LogP contribution in [-0.2, 0) is 0 Å². The molecule has 1 aliphatic heterocycles. The number of hydrogen-bond donors (Lipinski definition) is 0. The molecular weight excluding hydrogens is 406 g/mol. The van der Waals surface area contributed by atoms with E-state index in [1.165, 1.54) is 12.1 Å². The van der Waals surface area contributed by atoms with Gasteiger partial charge in [-0.05, 0) is 41.3 Å². The van der Waals surface area contributed by atoms with Crippen LogP contribution in [0.15, 0.2) is 69.6 Å². The fraction of sp³-hybridized carbons (Fsp3) is 0.105. The lowest BCUT2D eigenvalue weighted by Gasteiger charge is -2.23. The number of thiophene rings is 1. The number of nitrogens with zero attached hydrogens (tertiary/aromatic N) is 2. The number of halogens is 3. The molecule has 2 heterocycles. The molecule has 1 aromatic heterocycles. The molecule has 0 fully saturated rings. The van der Waals surface area contributed by atoms with E-state index in [1.807, 2.05) is 41.8 Å². The average Bonchev–Trinajstić information content (AvgIpc) is 3.24. The third-order valence-corrected chi connectivity index (χ3v) is 5.62. The Bertz CT molecular complexity index is 923. The highest BCUT2D eigenvalue weighted by atomic mass is 79.9. The van der Waals surface area contributed by atoms with Gasteiger partial charge in [-0.25, -0.2) is 8.78 Å². The van der Waals surface area contributed by atoms with Crippen LogP contribution in [0.2, 0.25) is 0 Å². The summed E-state index contributed by atoms with van der Waals surface area (Å²) in [5, 5.41) is 8.32. The van der Waals surface area contributed by atoms with Crippen molar-refractivity contribution in [2.24, 2.45) is 5.10 Å². The smallest absolute Gasteiger partial charge is 0.151 e. The van der Waals surface area contributed by atoms with Gasteiger partial charge in [0.1, 0.15) is 5.82 Å². The van der Waals surface area contributed by atoms with Gasteiger partial charge in [-0.1, -0.05) is 34.1 Å². The van der Waals surface area contributed by atoms with Crippen LogP contribution in [0, 0.1) is 11.6 Å². The van der Waals surface area contributed by atoms with E-state index in [1.54, 1.807) is 16.3 Å². The fourth-order valence-electron chi connectivity index (χ4n) is 2.92. The molecule has 6 heteroatoms. The average molecular weight is 419 g/mol. The molecule has 126 valence electrons. The summed E-state index contributed by atoms with van der Waals surface area (Å²) in [6.45, 7) is 0. The van der Waals surface area contributed by atoms with Gasteiger partial charge in [0.25, 0.3) is 0 Å². The minimum Gasteiger partial charge on any atom is -0.254 e. The topological polar surface area (TPSA) is 15.6 Å². The standard InChI is InChI=1S/C19H13BrF2N2S/c20-13-5-3-12(4-6-13)16-11-18(19-2-1-9-25-19)24(23-16)17-8-7-14(21)10-15(17)22/h1-10,18H,11H2/t18-/m0/s1. The van der Waals surface area contributed by atoms with E-state index >= 15 is 0 Å². The quantitative estimate of drug-likeness (QED) is 0.498. The van der Waals surface area contributed by atoms with Crippen LogP contribution in [0.3, 0.4) is 0 Å². The Kier molecular flexibility index (Phi) is 4.39. The van der Waals surface area contributed by atoms with Crippen LogP contribution in [0.5, 0.6) is 0 Å². The maximum Gasteiger partial charge on any atom is 0.151 e. The molecule has 0 spiro atoms. The van der Waals surface area contributed by atoms with Crippen molar-refractivity contribution >= 4 is 38.7 Å². The molecule has 4 rings (SSSR count). The third-order valence-electron chi connectivity index (χ3n) is 4.12. The zero-order valence-corrected chi connectivity index (χ0v) is 15.4. The minimum atomic E-state index is -0.609. The highest BCUT2D eigenvalue weighted by Gasteiger charge is 2.32. The molecule has 1 aliphatic rings. The molecule has 0 saturated carbocycles. The van der Waals surface area contributed by atoms with E-state index < -0.39 is 11.6 Å². The monoisotopic (exact) mass is 418 g/mol. The fourth-order valence-corrected chi connectivity index (χ4v) is 3.99. The van der Waals surface area contributed by atoms with Crippen LogP contribution in [0.4, 0.5) is 14.5 Å². The van der Waals surface area contributed by atoms with Gasteiger partial charge in [0.15, 0.2) is 5.82 Å². The summed E-state index contributed by atoms with van der Waals surface area (Å²) >= 11 is 5.04. The van der Waals surface area contributed by atoms with Crippen LogP contribution in [0.25, 0.3) is 0 Å². The summed E-state index contributed by atoms with van der Waals surface area (Å²) < 4.78 is 28.6. The van der Waals surface area contributed by atoms with Crippen molar-refractivity contribution in [1.82, 2.24) is 0 Å². The van der Waals surface area contributed by atoms with Crippen LogP contribution in [-0.4, -0.2) is 5.71 Å². The Morgan fingerprint density at radius 2 is 1.88 bits per heavy atom. The van der Waals surface area contributed by atoms with Gasteiger partial charge in [0.2, 0.25) is 0 Å². The number of anilines is 1. The highest BCUT2D eigenvalue weighted by Crippen LogP contribution is 2.39. The molecule has 0 radical (unpaired) electrons. The van der Waals surface area contributed by atoms with Gasteiger partial charge in [-0.15, -0.1) is 11.3 Å². The van der Waals surface area contributed by atoms with Crippen molar-refractivity contribution in [3.05, 3.63) is 86.5 Å². The first-order valence-electron chi connectivity index (χ1n) is 7.73. The lowest BCUT2D eigenvalue weighted by molar-refractivity contribution is 0.574. The number of hydrogen-bond acceptors (Lipinski definition) is 3. The highest BCUT2D eigenvalue weighted by molar-refractivity contribution is 9.10. The summed E-state index contributed by atoms with van der Waals surface area (Å²) in [6, 6.07) is 15.4. The molecule has 0 saturated heterocycles. The second-order valence-electron chi connectivity index (χ2n) is 5.73. The molecule has 0 aliphatic carbocycles. The molecule has 1 atom stereocenters. The van der Waals surface area contributed by atoms with Gasteiger partial charge >= 0.3 is 0 Å². The van der Waals surface area contributed by atoms with Crippen molar-refractivity contribution in [1.29, 1.82) is 0 Å². The van der Waals surface area contributed by atoms with Crippen LogP contribution in [0.1, 0.15) is 22.9 Å². The van der Waals surface area contributed by atoms with Crippen molar-refractivity contribution < 1.29 is 8.78 Å². The third kappa shape index (κ3) is 3.24. The Hall–Kier alpha value is -2.05. The molecule has 0 N–H and O–H groups in total. The lowest BCUT2D eigenvalue weighted by Crippen LogP contribution is -2.18. The Balaban J connectivity index is 1.77. The Morgan fingerprint density at radius 1 is 1.08 bits per heavy atom. The molecule has 0 bridgehead atoms. The van der Waals surface area contributed by atoms with E-state index in [4.69, 9.17) is 0 Å². The first kappa shape index (κ1) is 16.4. The van der Waals surface area contributed by atoms with Crippen molar-refractivity contribution in [3.63, 3.8) is 0 Å². The number of rotatable bonds is 3. The van der Waals surface area contributed by atoms with E-state index in [0.717, 1.165) is 26.7 Å². The summed E-state index contributed by atoms with van der Waals surface area (Å²) in [6.07, 6.45) is 0.666. The maximum atomic E-state index is 14.3. The van der Waals surface area contributed by atoms with E-state index in [-0.39, 0.29) is 11.7 Å². The predicted octanol–water partition coefficient (Wildman–Crippen LogP) is 6.14. The number of hydrazone groups is 1. The SMILES string of the molecule is Fc1ccc(N2N=C(c3ccc(Br)cc3)C[C@H]2c2cccs2)c(F)c1. The van der Waals surface area contributed by atoms with Gasteiger partial charge < -0.3 is 0 Å². The van der Waals surface area contributed by atoms with Gasteiger partial charge in [0, 0.05) is 21.8 Å². The summed E-state index contributed by atoms with van der Waals surface area (Å²) in [7, 11) is 0. The second-order valence-corrected chi connectivity index (χ2v) is 7.62. The lowest BCUT2D eigenvalue weighted by atomic mass is 10.0. The second kappa shape index (κ2) is 6.69. The molecule has 0 unspecified atom stereocenters. The largest absolute Gasteiger partial charge is 0.254 e. The maximum absolute atomic E-state index is 14.3. The van der Waals surface area contributed by atoms with Crippen molar-refractivity contribution in [2.45, 2.75) is 12.5 Å². The normalized spacial score (nSPS) is 17.0. The minimum absolute atomic E-state index is 0.0985. The predicted molar refractivity (Wildman–Crippen MR) is 101 cm³/mol. The van der Waals surface area contributed by atoms with Gasteiger partial charge in [-0.3, -0.25) is 5.01 Å². The summed E-state index contributed by atoms with van der Waals surface area (Å²) in [5.41, 5.74) is 2.16. The summed E-state index contributed by atoms with van der Waals surface area (Å²) in [4.78, 5) is 1.10. The van der Waals surface area contributed by atoms with E-state index in [9.17, 15) is 8.78 Å². The number of benzene rings is 2. The van der Waals surface area contributed by atoms with Gasteiger partial charge in [0.05, 0.1) is 17.4 Å². The van der Waals surface area contributed by atoms with Crippen molar-refractivity contribution in [2.75, 3.05) is 5.01 Å². The van der Waals surface area contributed by atoms with Crippen LogP contribution < -0.4 is 5.01 Å².